The van der Waals surface area contributed by atoms with E-state index < -0.39 is 11.9 Å². The van der Waals surface area contributed by atoms with Crippen LogP contribution in [0, 0.1) is 11.3 Å². The zero-order valence-electron chi connectivity index (χ0n) is 11.4. The molecule has 1 heterocycles. The van der Waals surface area contributed by atoms with Gasteiger partial charge in [-0.15, -0.1) is 0 Å². The molecule has 6 heteroatoms. The summed E-state index contributed by atoms with van der Waals surface area (Å²) in [5.74, 6) is -1.77. The van der Waals surface area contributed by atoms with Gasteiger partial charge in [0.1, 0.15) is 0 Å². The summed E-state index contributed by atoms with van der Waals surface area (Å²) in [7, 11) is 0. The van der Waals surface area contributed by atoms with Gasteiger partial charge in [0.15, 0.2) is 0 Å². The first-order valence-corrected chi connectivity index (χ1v) is 6.88. The molecule has 0 saturated heterocycles. The number of carboxylic acids is 1. The summed E-state index contributed by atoms with van der Waals surface area (Å²) in [6.45, 7) is 3.40. The van der Waals surface area contributed by atoms with Crippen molar-refractivity contribution in [1.29, 1.82) is 5.26 Å². The number of carbonyl (C=O) groups is 1. The minimum absolute atomic E-state index is 0.121. The van der Waals surface area contributed by atoms with Crippen molar-refractivity contribution in [3.05, 3.63) is 56.3 Å². The predicted molar refractivity (Wildman–Crippen MR) is 81.0 cm³/mol. The van der Waals surface area contributed by atoms with E-state index in [1.807, 2.05) is 0 Å². The molecule has 21 heavy (non-hydrogen) atoms. The van der Waals surface area contributed by atoms with Crippen molar-refractivity contribution in [2.45, 2.75) is 19.8 Å². The number of benzene rings is 1. The molecule has 0 aromatic heterocycles. The van der Waals surface area contributed by atoms with E-state index in [-0.39, 0.29) is 5.57 Å². The van der Waals surface area contributed by atoms with Gasteiger partial charge in [0, 0.05) is 21.4 Å². The third-order valence-electron chi connectivity index (χ3n) is 3.33. The maximum absolute atomic E-state index is 11.6. The van der Waals surface area contributed by atoms with E-state index in [1.54, 1.807) is 32.0 Å². The monoisotopic (exact) mass is 322 g/mol. The number of hydrogen-bond donors (Lipinski definition) is 2. The van der Waals surface area contributed by atoms with Crippen molar-refractivity contribution in [2.75, 3.05) is 0 Å². The Morgan fingerprint density at radius 3 is 2.29 bits per heavy atom. The van der Waals surface area contributed by atoms with Gasteiger partial charge in [0.25, 0.3) is 0 Å². The highest BCUT2D eigenvalue weighted by molar-refractivity contribution is 6.34. The maximum Gasteiger partial charge on any atom is 0.334 e. The molecule has 2 N–H and O–H groups in total. The molecule has 1 aliphatic rings. The molecule has 0 bridgehead atoms. The molecule has 0 amide bonds. The molecule has 2 rings (SSSR count). The second-order valence-electron chi connectivity index (χ2n) is 4.76. The van der Waals surface area contributed by atoms with E-state index in [9.17, 15) is 15.2 Å². The van der Waals surface area contributed by atoms with Crippen LogP contribution in [0.1, 0.15) is 25.3 Å². The highest BCUT2D eigenvalue weighted by Crippen LogP contribution is 2.39. The van der Waals surface area contributed by atoms with Crippen LogP contribution in [0.3, 0.4) is 0 Å². The predicted octanol–water partition coefficient (Wildman–Crippen LogP) is 3.84. The van der Waals surface area contributed by atoms with E-state index in [0.29, 0.717) is 32.6 Å². The molecular weight excluding hydrogens is 311 g/mol. The number of rotatable bonds is 2. The first-order chi connectivity index (χ1) is 9.85. The summed E-state index contributed by atoms with van der Waals surface area (Å²) in [6, 6.07) is 6.90. The van der Waals surface area contributed by atoms with Gasteiger partial charge < -0.3 is 10.4 Å². The molecule has 1 atom stereocenters. The summed E-state index contributed by atoms with van der Waals surface area (Å²) in [5.41, 5.74) is 2.18. The summed E-state index contributed by atoms with van der Waals surface area (Å²) < 4.78 is 0. The molecule has 1 aromatic carbocycles. The van der Waals surface area contributed by atoms with Crippen LogP contribution in [0.2, 0.25) is 10.0 Å². The van der Waals surface area contributed by atoms with Crippen molar-refractivity contribution < 1.29 is 9.90 Å². The molecular formula is C15H12Cl2N2O2. The highest BCUT2D eigenvalue weighted by atomic mass is 35.5. The quantitative estimate of drug-likeness (QED) is 0.867. The molecule has 108 valence electrons. The van der Waals surface area contributed by atoms with Crippen molar-refractivity contribution >= 4 is 29.2 Å². The highest BCUT2D eigenvalue weighted by Gasteiger charge is 2.33. The molecule has 0 spiro atoms. The van der Waals surface area contributed by atoms with Crippen molar-refractivity contribution in [3.63, 3.8) is 0 Å². The molecule has 0 radical (unpaired) electrons. The van der Waals surface area contributed by atoms with Crippen LogP contribution < -0.4 is 5.32 Å². The number of carboxylic acid groups (broad SMARTS) is 1. The van der Waals surface area contributed by atoms with Gasteiger partial charge in [0.2, 0.25) is 0 Å². The third-order valence-corrected chi connectivity index (χ3v) is 3.77. The summed E-state index contributed by atoms with van der Waals surface area (Å²) in [4.78, 5) is 11.6. The number of hydrogen-bond acceptors (Lipinski definition) is 3. The topological polar surface area (TPSA) is 73.1 Å². The van der Waals surface area contributed by atoms with Crippen molar-refractivity contribution in [3.8, 4) is 6.07 Å². The number of aliphatic carboxylic acids is 1. The van der Waals surface area contributed by atoms with Gasteiger partial charge in [0.05, 0.1) is 23.1 Å². The van der Waals surface area contributed by atoms with Crippen LogP contribution in [-0.2, 0) is 4.79 Å². The van der Waals surface area contributed by atoms with Gasteiger partial charge in [-0.3, -0.25) is 0 Å². The fourth-order valence-electron chi connectivity index (χ4n) is 2.50. The summed E-state index contributed by atoms with van der Waals surface area (Å²) >= 11 is 12.0. The van der Waals surface area contributed by atoms with Gasteiger partial charge in [-0.2, -0.15) is 5.26 Å². The van der Waals surface area contributed by atoms with E-state index in [4.69, 9.17) is 23.2 Å². The van der Waals surface area contributed by atoms with Crippen LogP contribution in [0.5, 0.6) is 0 Å². The lowest BCUT2D eigenvalue weighted by atomic mass is 9.81. The van der Waals surface area contributed by atoms with Crippen molar-refractivity contribution in [2.24, 2.45) is 0 Å². The average Bonchev–Trinajstić information content (AvgIpc) is 2.36. The smallest absolute Gasteiger partial charge is 0.334 e. The number of halogens is 2. The minimum Gasteiger partial charge on any atom is -0.478 e. The number of dihydropyridines is 1. The Labute approximate surface area is 132 Å². The molecule has 0 fully saturated rings. The summed E-state index contributed by atoms with van der Waals surface area (Å²) in [5, 5.41) is 22.6. The fourth-order valence-corrected chi connectivity index (χ4v) is 3.04. The van der Waals surface area contributed by atoms with Gasteiger partial charge in [-0.25, -0.2) is 4.79 Å². The Morgan fingerprint density at radius 2 is 1.81 bits per heavy atom. The van der Waals surface area contributed by atoms with Gasteiger partial charge in [-0.1, -0.05) is 23.2 Å². The SMILES string of the molecule is CC1=C(C#N)C(c2cc(Cl)cc(Cl)c2)C(C(=O)O)=C(C)N1. The van der Waals surface area contributed by atoms with Crippen LogP contribution in [0.25, 0.3) is 0 Å². The lowest BCUT2D eigenvalue weighted by Crippen LogP contribution is -2.27. The molecule has 4 nitrogen and oxygen atoms in total. The Hall–Kier alpha value is -1.96. The van der Waals surface area contributed by atoms with E-state index in [1.165, 1.54) is 0 Å². The van der Waals surface area contributed by atoms with E-state index in [0.717, 1.165) is 0 Å². The molecule has 1 aromatic rings. The van der Waals surface area contributed by atoms with E-state index in [2.05, 4.69) is 11.4 Å². The number of allylic oxidation sites excluding steroid dienone is 3. The van der Waals surface area contributed by atoms with Gasteiger partial charge >= 0.3 is 5.97 Å². The second-order valence-corrected chi connectivity index (χ2v) is 5.63. The van der Waals surface area contributed by atoms with Crippen LogP contribution in [-0.4, -0.2) is 11.1 Å². The largest absolute Gasteiger partial charge is 0.478 e. The normalized spacial score (nSPS) is 18.3. The lowest BCUT2D eigenvalue weighted by molar-refractivity contribution is -0.133. The Bertz CT molecular complexity index is 709. The van der Waals surface area contributed by atoms with Crippen LogP contribution >= 0.6 is 23.2 Å². The van der Waals surface area contributed by atoms with Crippen LogP contribution in [0.15, 0.2) is 40.7 Å². The molecule has 1 unspecified atom stereocenters. The van der Waals surface area contributed by atoms with Gasteiger partial charge in [-0.05, 0) is 37.6 Å². The third kappa shape index (κ3) is 2.90. The Balaban J connectivity index is 2.71. The first kappa shape index (κ1) is 15.4. The number of nitriles is 1. The molecule has 0 saturated carbocycles. The Morgan fingerprint density at radius 1 is 1.24 bits per heavy atom. The maximum atomic E-state index is 11.6. The lowest BCUT2D eigenvalue weighted by Gasteiger charge is -2.27. The Kier molecular flexibility index (Phi) is 4.26. The summed E-state index contributed by atoms with van der Waals surface area (Å²) in [6.07, 6.45) is 0. The fraction of sp³-hybridized carbons (Fsp3) is 0.200. The average molecular weight is 323 g/mol. The molecule has 1 aliphatic heterocycles. The number of nitrogens with one attached hydrogen (secondary N) is 1. The van der Waals surface area contributed by atoms with E-state index >= 15 is 0 Å². The first-order valence-electron chi connectivity index (χ1n) is 6.13. The zero-order chi connectivity index (χ0) is 15.7. The standard InChI is InChI=1S/C15H12Cl2N2O2/c1-7-12(6-18)14(13(15(20)21)8(2)19-7)9-3-10(16)5-11(17)4-9/h3-5,14,19H,1-2H3,(H,20,21). The second kappa shape index (κ2) is 5.80. The molecule has 0 aliphatic carbocycles. The van der Waals surface area contributed by atoms with Crippen molar-refractivity contribution in [1.82, 2.24) is 5.32 Å². The zero-order valence-corrected chi connectivity index (χ0v) is 12.9. The number of nitrogens with zero attached hydrogens (tertiary/aromatic N) is 1. The minimum atomic E-state index is -1.08. The van der Waals surface area contributed by atoms with Crippen LogP contribution in [0.4, 0.5) is 0 Å².